The van der Waals surface area contributed by atoms with Crippen molar-refractivity contribution < 1.29 is 52.5 Å². The van der Waals surface area contributed by atoms with E-state index < -0.39 is 67.4 Å². The van der Waals surface area contributed by atoms with Crippen LogP contribution in [0.3, 0.4) is 0 Å². The fourth-order valence-electron chi connectivity index (χ4n) is 7.32. The molecule has 2 aliphatic rings. The molecule has 0 saturated carbocycles. The molecule has 310 valence electrons. The maximum atomic E-state index is 13.9. The molecule has 0 aromatic heterocycles. The molecule has 2 heterocycles. The second-order valence-corrected chi connectivity index (χ2v) is 14.7. The van der Waals surface area contributed by atoms with Crippen LogP contribution in [0, 0.1) is 0 Å². The standard InChI is InChI=1S/C48H52O11/c1-32-40(52-28-34-16-8-4-9-17-34)42(54-30-36-20-12-6-13-21-36)44(47(50)56-32)59-48-45(58-46(49)38-22-14-7-15-23-38)43(55-31-37-24-26-39(51-3)27-25-37)41(33(2)57-48)53-29-35-18-10-5-11-19-35/h4-27,32-33,40-45,47-48,50H,28-31H2,1-3H3/t32-,33-,40-,41-,42+,43+,44+,45+,47+,48-/m0/s1. The van der Waals surface area contributed by atoms with Gasteiger partial charge in [-0.2, -0.15) is 0 Å². The van der Waals surface area contributed by atoms with Crippen molar-refractivity contribution in [3.63, 3.8) is 0 Å². The molecule has 59 heavy (non-hydrogen) atoms. The highest BCUT2D eigenvalue weighted by Crippen LogP contribution is 2.35. The molecule has 11 nitrogen and oxygen atoms in total. The van der Waals surface area contributed by atoms with Crippen molar-refractivity contribution in [2.45, 2.75) is 102 Å². The summed E-state index contributed by atoms with van der Waals surface area (Å²) in [6.07, 6.45) is -9.46. The normalized spacial score (nSPS) is 26.8. The van der Waals surface area contributed by atoms with Crippen molar-refractivity contribution in [2.75, 3.05) is 7.11 Å². The van der Waals surface area contributed by atoms with Gasteiger partial charge in [0.15, 0.2) is 18.7 Å². The van der Waals surface area contributed by atoms with Crippen LogP contribution < -0.4 is 4.74 Å². The topological polar surface area (TPSA) is 120 Å². The Morgan fingerprint density at radius 1 is 0.508 bits per heavy atom. The second kappa shape index (κ2) is 20.8. The SMILES string of the molecule is COc1ccc(CO[C@@H]2[C@@H](OCc3ccccc3)[C@H](C)O[C@@H](O[C@@H]3[C@H](OCc4ccccc4)[C@@H](OCc4ccccc4)[C@H](C)O[C@H]3O)[C@@H]2OC(=O)c2ccccc2)cc1. The largest absolute Gasteiger partial charge is 0.497 e. The molecule has 0 amide bonds. The van der Waals surface area contributed by atoms with E-state index in [0.717, 1.165) is 22.3 Å². The fourth-order valence-corrected chi connectivity index (χ4v) is 7.32. The lowest BCUT2D eigenvalue weighted by Gasteiger charge is -2.48. The summed E-state index contributed by atoms with van der Waals surface area (Å²) in [4.78, 5) is 13.9. The highest BCUT2D eigenvalue weighted by atomic mass is 16.8. The number of hydrogen-bond acceptors (Lipinski definition) is 11. The highest BCUT2D eigenvalue weighted by molar-refractivity contribution is 5.89. The lowest BCUT2D eigenvalue weighted by atomic mass is 9.96. The smallest absolute Gasteiger partial charge is 0.338 e. The quantitative estimate of drug-likeness (QED) is 0.0946. The molecule has 10 atom stereocenters. The first-order valence-corrected chi connectivity index (χ1v) is 20.0. The molecule has 0 radical (unpaired) electrons. The van der Waals surface area contributed by atoms with Crippen LogP contribution in [-0.4, -0.2) is 79.6 Å². The summed E-state index contributed by atoms with van der Waals surface area (Å²) in [7, 11) is 1.61. The Morgan fingerprint density at radius 2 is 0.915 bits per heavy atom. The molecule has 0 unspecified atom stereocenters. The van der Waals surface area contributed by atoms with Gasteiger partial charge in [0.25, 0.3) is 0 Å². The predicted molar refractivity (Wildman–Crippen MR) is 218 cm³/mol. The summed E-state index contributed by atoms with van der Waals surface area (Å²) in [5.74, 6) is 0.0931. The van der Waals surface area contributed by atoms with Crippen LogP contribution >= 0.6 is 0 Å². The summed E-state index contributed by atoms with van der Waals surface area (Å²) in [6.45, 7) is 4.54. The van der Waals surface area contributed by atoms with Gasteiger partial charge in [-0.3, -0.25) is 0 Å². The van der Waals surface area contributed by atoms with Crippen molar-refractivity contribution in [3.05, 3.63) is 173 Å². The summed E-state index contributed by atoms with van der Waals surface area (Å²) in [5, 5.41) is 11.7. The van der Waals surface area contributed by atoms with Crippen LogP contribution in [0.15, 0.2) is 146 Å². The Labute approximate surface area is 345 Å². The molecule has 1 N–H and O–H groups in total. The van der Waals surface area contributed by atoms with Crippen LogP contribution in [0.25, 0.3) is 0 Å². The molecule has 0 spiro atoms. The fraction of sp³-hybridized carbons (Fsp3) is 0.354. The van der Waals surface area contributed by atoms with Crippen LogP contribution in [0.2, 0.25) is 0 Å². The number of rotatable bonds is 17. The van der Waals surface area contributed by atoms with Gasteiger partial charge < -0.3 is 47.7 Å². The van der Waals surface area contributed by atoms with Gasteiger partial charge in [-0.25, -0.2) is 4.79 Å². The number of methoxy groups -OCH3 is 1. The lowest BCUT2D eigenvalue weighted by molar-refractivity contribution is -0.367. The third-order valence-electron chi connectivity index (χ3n) is 10.5. The summed E-state index contributed by atoms with van der Waals surface area (Å²) in [6, 6.07) is 45.5. The van der Waals surface area contributed by atoms with Crippen molar-refractivity contribution in [2.24, 2.45) is 0 Å². The summed E-state index contributed by atoms with van der Waals surface area (Å²) in [5.41, 5.74) is 4.01. The predicted octanol–water partition coefficient (Wildman–Crippen LogP) is 7.43. The van der Waals surface area contributed by atoms with Crippen LogP contribution in [0.4, 0.5) is 0 Å². The van der Waals surface area contributed by atoms with Gasteiger partial charge in [0.1, 0.15) is 36.3 Å². The number of aliphatic hydroxyl groups is 1. The number of aliphatic hydroxyl groups excluding tert-OH is 1. The average molecular weight is 805 g/mol. The molecule has 7 rings (SSSR count). The molecular formula is C48H52O11. The number of esters is 1. The van der Waals surface area contributed by atoms with E-state index >= 15 is 0 Å². The van der Waals surface area contributed by atoms with E-state index in [0.29, 0.717) is 11.3 Å². The lowest BCUT2D eigenvalue weighted by Crippen LogP contribution is -2.65. The van der Waals surface area contributed by atoms with Crippen LogP contribution in [0.1, 0.15) is 46.5 Å². The molecule has 5 aromatic rings. The zero-order chi connectivity index (χ0) is 41.0. The van der Waals surface area contributed by atoms with Crippen LogP contribution in [-0.2, 0) is 64.3 Å². The first kappa shape index (κ1) is 42.2. The minimum Gasteiger partial charge on any atom is -0.497 e. The zero-order valence-corrected chi connectivity index (χ0v) is 33.5. The molecule has 0 bridgehead atoms. The highest BCUT2D eigenvalue weighted by Gasteiger charge is 2.53. The van der Waals surface area contributed by atoms with Crippen molar-refractivity contribution >= 4 is 5.97 Å². The molecule has 11 heteroatoms. The summed E-state index contributed by atoms with van der Waals surface area (Å²) < 4.78 is 57.6. The first-order valence-electron chi connectivity index (χ1n) is 20.0. The van der Waals surface area contributed by atoms with Gasteiger partial charge in [0, 0.05) is 0 Å². The Kier molecular flexibility index (Phi) is 14.9. The molecule has 0 aliphatic carbocycles. The number of hydrogen-bond donors (Lipinski definition) is 1. The number of carbonyl (C=O) groups excluding carboxylic acids is 1. The van der Waals surface area contributed by atoms with E-state index in [9.17, 15) is 9.90 Å². The Morgan fingerprint density at radius 3 is 1.39 bits per heavy atom. The average Bonchev–Trinajstić information content (AvgIpc) is 3.27. The van der Waals surface area contributed by atoms with Gasteiger partial charge in [-0.1, -0.05) is 121 Å². The number of ether oxygens (including phenoxy) is 9. The maximum Gasteiger partial charge on any atom is 0.338 e. The van der Waals surface area contributed by atoms with E-state index in [2.05, 4.69) is 0 Å². The minimum atomic E-state index is -1.46. The Balaban J connectivity index is 1.22. The van der Waals surface area contributed by atoms with Gasteiger partial charge in [-0.15, -0.1) is 0 Å². The van der Waals surface area contributed by atoms with Gasteiger partial charge in [0.05, 0.1) is 51.3 Å². The van der Waals surface area contributed by atoms with E-state index in [-0.39, 0.29) is 26.4 Å². The van der Waals surface area contributed by atoms with E-state index in [1.165, 1.54) is 0 Å². The van der Waals surface area contributed by atoms with Gasteiger partial charge in [0.2, 0.25) is 0 Å². The summed E-state index contributed by atoms with van der Waals surface area (Å²) >= 11 is 0. The first-order chi connectivity index (χ1) is 28.9. The Hall–Kier alpha value is -4.95. The van der Waals surface area contributed by atoms with E-state index in [1.54, 1.807) is 31.4 Å². The van der Waals surface area contributed by atoms with Crippen LogP contribution in [0.5, 0.6) is 5.75 Å². The molecule has 2 saturated heterocycles. The van der Waals surface area contributed by atoms with Gasteiger partial charge >= 0.3 is 5.97 Å². The maximum absolute atomic E-state index is 13.9. The molecule has 2 fully saturated rings. The van der Waals surface area contributed by atoms with Crippen molar-refractivity contribution in [1.29, 1.82) is 0 Å². The molecule has 5 aromatic carbocycles. The number of carbonyl (C=O) groups is 1. The minimum absolute atomic E-state index is 0.142. The monoisotopic (exact) mass is 804 g/mol. The van der Waals surface area contributed by atoms with E-state index in [4.69, 9.17) is 42.6 Å². The Bertz CT molecular complexity index is 1980. The number of benzene rings is 5. The van der Waals surface area contributed by atoms with Gasteiger partial charge in [-0.05, 0) is 60.4 Å². The molecule has 2 aliphatic heterocycles. The van der Waals surface area contributed by atoms with Crippen molar-refractivity contribution in [1.82, 2.24) is 0 Å². The zero-order valence-electron chi connectivity index (χ0n) is 33.5. The van der Waals surface area contributed by atoms with E-state index in [1.807, 2.05) is 135 Å². The second-order valence-electron chi connectivity index (χ2n) is 14.7. The molecular weight excluding hydrogens is 753 g/mol. The third-order valence-corrected chi connectivity index (χ3v) is 10.5. The van der Waals surface area contributed by atoms with Crippen molar-refractivity contribution in [3.8, 4) is 5.75 Å². The third kappa shape index (κ3) is 11.2.